The number of ether oxygens (including phenoxy) is 2. The number of rotatable bonds is 10. The number of methoxy groups -OCH3 is 1. The van der Waals surface area contributed by atoms with E-state index in [2.05, 4.69) is 5.32 Å². The molecule has 1 aromatic heterocycles. The van der Waals surface area contributed by atoms with Gasteiger partial charge in [0, 0.05) is 28.2 Å². The largest absolute Gasteiger partial charge is 0.497 e. The van der Waals surface area contributed by atoms with Crippen molar-refractivity contribution in [2.75, 3.05) is 7.11 Å². The lowest BCUT2D eigenvalue weighted by Gasteiger charge is -2.20. The standard InChI is InChI=1S/C23H29NO5S/c1-14(2)29-23(27)13-20(17-6-8-18(28-5)9-7-17)24-22(26)11-10-21(25)19-12-15(3)30-16(19)4/h6-9,12,14,20H,10-11,13H2,1-5H3,(H,24,26). The SMILES string of the molecule is COc1ccc(C(CC(=O)OC(C)C)NC(=O)CCC(=O)c2cc(C)sc2C)cc1. The average Bonchev–Trinajstić information content (AvgIpc) is 3.03. The Hall–Kier alpha value is -2.67. The Labute approximate surface area is 181 Å². The zero-order chi connectivity index (χ0) is 22.3. The van der Waals surface area contributed by atoms with Crippen molar-refractivity contribution in [3.63, 3.8) is 0 Å². The molecule has 2 rings (SSSR count). The Morgan fingerprint density at radius 2 is 1.73 bits per heavy atom. The molecule has 7 heteroatoms. The van der Waals surface area contributed by atoms with E-state index in [9.17, 15) is 14.4 Å². The fourth-order valence-electron chi connectivity index (χ4n) is 3.10. The van der Waals surface area contributed by atoms with E-state index < -0.39 is 12.0 Å². The number of carbonyl (C=O) groups excluding carboxylic acids is 3. The Kier molecular flexibility index (Phi) is 8.59. The third-order valence-electron chi connectivity index (χ3n) is 4.51. The van der Waals surface area contributed by atoms with Crippen LogP contribution in [0, 0.1) is 13.8 Å². The van der Waals surface area contributed by atoms with Gasteiger partial charge in [0.05, 0.1) is 25.7 Å². The molecule has 0 aliphatic carbocycles. The van der Waals surface area contributed by atoms with Gasteiger partial charge in [-0.1, -0.05) is 12.1 Å². The molecule has 0 aliphatic rings. The number of Topliss-reactive ketones (excluding diaryl/α,β-unsaturated/α-hetero) is 1. The third-order valence-corrected chi connectivity index (χ3v) is 5.48. The van der Waals surface area contributed by atoms with Crippen LogP contribution < -0.4 is 10.1 Å². The number of amides is 1. The van der Waals surface area contributed by atoms with Gasteiger partial charge in [-0.2, -0.15) is 0 Å². The average molecular weight is 432 g/mol. The molecule has 1 amide bonds. The summed E-state index contributed by atoms with van der Waals surface area (Å²) in [5, 5.41) is 2.87. The van der Waals surface area contributed by atoms with Crippen molar-refractivity contribution in [1.82, 2.24) is 5.32 Å². The highest BCUT2D eigenvalue weighted by Crippen LogP contribution is 2.23. The molecule has 1 N–H and O–H groups in total. The topological polar surface area (TPSA) is 81.7 Å². The first-order valence-corrected chi connectivity index (χ1v) is 10.7. The Morgan fingerprint density at radius 3 is 2.27 bits per heavy atom. The van der Waals surface area contributed by atoms with Crippen molar-refractivity contribution in [2.45, 2.75) is 59.1 Å². The fourth-order valence-corrected chi connectivity index (χ4v) is 4.04. The van der Waals surface area contributed by atoms with Gasteiger partial charge in [-0.25, -0.2) is 0 Å². The summed E-state index contributed by atoms with van der Waals surface area (Å²) in [5.74, 6) is -0.0505. The normalized spacial score (nSPS) is 11.8. The van der Waals surface area contributed by atoms with E-state index in [0.717, 1.165) is 15.3 Å². The molecule has 0 fully saturated rings. The van der Waals surface area contributed by atoms with Crippen LogP contribution in [0.2, 0.25) is 0 Å². The molecular formula is C23H29NO5S. The molecule has 6 nitrogen and oxygen atoms in total. The number of nitrogens with one attached hydrogen (secondary N) is 1. The molecule has 1 aromatic carbocycles. The van der Waals surface area contributed by atoms with E-state index >= 15 is 0 Å². The third kappa shape index (κ3) is 6.99. The van der Waals surface area contributed by atoms with Crippen molar-refractivity contribution in [3.05, 3.63) is 51.2 Å². The van der Waals surface area contributed by atoms with Crippen LogP contribution in [-0.2, 0) is 14.3 Å². The Morgan fingerprint density at radius 1 is 1.07 bits per heavy atom. The van der Waals surface area contributed by atoms with Gasteiger partial charge in [-0.3, -0.25) is 14.4 Å². The molecule has 0 saturated heterocycles. The quantitative estimate of drug-likeness (QED) is 0.441. The summed E-state index contributed by atoms with van der Waals surface area (Å²) in [6.07, 6.45) is -0.0552. The van der Waals surface area contributed by atoms with Crippen LogP contribution in [0.15, 0.2) is 30.3 Å². The first kappa shape index (κ1) is 23.6. The summed E-state index contributed by atoms with van der Waals surface area (Å²) in [6.45, 7) is 7.42. The number of benzene rings is 1. The number of carbonyl (C=O) groups is 3. The lowest BCUT2D eigenvalue weighted by molar-refractivity contribution is -0.148. The van der Waals surface area contributed by atoms with Gasteiger partial charge in [0.1, 0.15) is 5.75 Å². The molecule has 0 bridgehead atoms. The lowest BCUT2D eigenvalue weighted by atomic mass is 10.0. The predicted molar refractivity (Wildman–Crippen MR) is 117 cm³/mol. The van der Waals surface area contributed by atoms with Gasteiger partial charge in [0.25, 0.3) is 0 Å². The summed E-state index contributed by atoms with van der Waals surface area (Å²) in [6, 6.07) is 8.46. The second kappa shape index (κ2) is 10.9. The van der Waals surface area contributed by atoms with E-state index in [1.165, 1.54) is 0 Å². The van der Waals surface area contributed by atoms with Gasteiger partial charge in [0.2, 0.25) is 5.91 Å². The maximum Gasteiger partial charge on any atom is 0.308 e. The maximum atomic E-state index is 12.5. The summed E-state index contributed by atoms with van der Waals surface area (Å²) in [4.78, 5) is 39.2. The van der Waals surface area contributed by atoms with Crippen LogP contribution in [0.25, 0.3) is 0 Å². The molecule has 162 valence electrons. The Balaban J connectivity index is 2.04. The highest BCUT2D eigenvalue weighted by atomic mass is 32.1. The summed E-state index contributed by atoms with van der Waals surface area (Å²) in [7, 11) is 1.57. The van der Waals surface area contributed by atoms with Crippen molar-refractivity contribution >= 4 is 29.0 Å². The summed E-state index contributed by atoms with van der Waals surface area (Å²) in [5.41, 5.74) is 1.44. The minimum Gasteiger partial charge on any atom is -0.497 e. The van der Waals surface area contributed by atoms with Crippen molar-refractivity contribution in [3.8, 4) is 5.75 Å². The highest BCUT2D eigenvalue weighted by molar-refractivity contribution is 7.12. The summed E-state index contributed by atoms with van der Waals surface area (Å²) < 4.78 is 10.4. The van der Waals surface area contributed by atoms with Crippen molar-refractivity contribution in [1.29, 1.82) is 0 Å². The van der Waals surface area contributed by atoms with Gasteiger partial charge >= 0.3 is 5.97 Å². The molecule has 0 radical (unpaired) electrons. The number of aryl methyl sites for hydroxylation is 2. The molecular weight excluding hydrogens is 402 g/mol. The smallest absolute Gasteiger partial charge is 0.308 e. The van der Waals surface area contributed by atoms with E-state index in [0.29, 0.717) is 11.3 Å². The molecule has 1 heterocycles. The van der Waals surface area contributed by atoms with E-state index in [-0.39, 0.29) is 37.1 Å². The van der Waals surface area contributed by atoms with Crippen LogP contribution in [0.5, 0.6) is 5.75 Å². The number of esters is 1. The van der Waals surface area contributed by atoms with Gasteiger partial charge in [-0.05, 0) is 51.5 Å². The second-order valence-electron chi connectivity index (χ2n) is 7.39. The highest BCUT2D eigenvalue weighted by Gasteiger charge is 2.21. The molecule has 30 heavy (non-hydrogen) atoms. The van der Waals surface area contributed by atoms with Crippen LogP contribution in [0.4, 0.5) is 0 Å². The van der Waals surface area contributed by atoms with Gasteiger partial charge in [-0.15, -0.1) is 11.3 Å². The van der Waals surface area contributed by atoms with E-state index in [4.69, 9.17) is 9.47 Å². The Bertz CT molecular complexity index is 885. The number of thiophene rings is 1. The number of ketones is 1. The maximum absolute atomic E-state index is 12.5. The van der Waals surface area contributed by atoms with Crippen molar-refractivity contribution < 1.29 is 23.9 Å². The minimum absolute atomic E-state index is 0.00697. The number of hydrogen-bond donors (Lipinski definition) is 1. The van der Waals surface area contributed by atoms with Crippen LogP contribution in [0.1, 0.15) is 64.8 Å². The van der Waals surface area contributed by atoms with Crippen LogP contribution in [0.3, 0.4) is 0 Å². The zero-order valence-electron chi connectivity index (χ0n) is 18.1. The molecule has 1 atom stereocenters. The van der Waals surface area contributed by atoms with Crippen molar-refractivity contribution in [2.24, 2.45) is 0 Å². The summed E-state index contributed by atoms with van der Waals surface area (Å²) >= 11 is 1.57. The fraction of sp³-hybridized carbons (Fsp3) is 0.435. The first-order valence-electron chi connectivity index (χ1n) is 9.92. The molecule has 0 aliphatic heterocycles. The molecule has 2 aromatic rings. The molecule has 0 saturated carbocycles. The number of hydrogen-bond acceptors (Lipinski definition) is 6. The first-order chi connectivity index (χ1) is 14.2. The minimum atomic E-state index is -0.546. The van der Waals surface area contributed by atoms with E-state index in [1.807, 2.05) is 19.9 Å². The zero-order valence-corrected chi connectivity index (χ0v) is 18.9. The monoisotopic (exact) mass is 431 g/mol. The van der Waals surface area contributed by atoms with Crippen LogP contribution in [-0.4, -0.2) is 30.9 Å². The molecule has 1 unspecified atom stereocenters. The molecule has 0 spiro atoms. The second-order valence-corrected chi connectivity index (χ2v) is 8.85. The van der Waals surface area contributed by atoms with Crippen LogP contribution >= 0.6 is 11.3 Å². The van der Waals surface area contributed by atoms with Gasteiger partial charge < -0.3 is 14.8 Å². The lowest BCUT2D eigenvalue weighted by Crippen LogP contribution is -2.31. The van der Waals surface area contributed by atoms with E-state index in [1.54, 1.807) is 56.6 Å². The predicted octanol–water partition coefficient (Wildman–Crippen LogP) is 4.54. The van der Waals surface area contributed by atoms with Gasteiger partial charge in [0.15, 0.2) is 5.78 Å².